The molecular weight excluding hydrogens is 186 g/mol. The summed E-state index contributed by atoms with van der Waals surface area (Å²) < 4.78 is 0. The first kappa shape index (κ1) is 12.3. The van der Waals surface area contributed by atoms with Crippen LogP contribution in [0.25, 0.3) is 0 Å². The average Bonchev–Trinajstić information content (AvgIpc) is 2.19. The summed E-state index contributed by atoms with van der Waals surface area (Å²) in [4.78, 5) is 1.55. The maximum Gasteiger partial charge on any atom is 0.143 e. The van der Waals surface area contributed by atoms with Crippen LogP contribution in [0.15, 0.2) is 12.2 Å². The predicted molar refractivity (Wildman–Crippen MR) is 62.6 cm³/mol. The maximum absolute atomic E-state index is 9.84. The van der Waals surface area contributed by atoms with Crippen LogP contribution in [0.4, 0.5) is 0 Å². The third kappa shape index (κ3) is 4.07. The third-order valence-electron chi connectivity index (χ3n) is 3.06. The molecule has 1 aliphatic heterocycles. The zero-order chi connectivity index (χ0) is 11.3. The molecule has 1 unspecified atom stereocenters. The highest BCUT2D eigenvalue weighted by Gasteiger charge is 2.17. The quantitative estimate of drug-likeness (QED) is 0.498. The monoisotopic (exact) mass is 208 g/mol. The van der Waals surface area contributed by atoms with Gasteiger partial charge >= 0.3 is 0 Å². The number of quaternary nitrogens is 1. The smallest absolute Gasteiger partial charge is 0.143 e. The van der Waals surface area contributed by atoms with Crippen LogP contribution in [-0.2, 0) is 0 Å². The van der Waals surface area contributed by atoms with Gasteiger partial charge in [-0.3, -0.25) is 0 Å². The van der Waals surface area contributed by atoms with Crippen LogP contribution in [0.3, 0.4) is 0 Å². The van der Waals surface area contributed by atoms with Crippen LogP contribution in [-0.4, -0.2) is 30.3 Å². The number of piperidine rings is 1. The molecule has 15 heavy (non-hydrogen) atoms. The van der Waals surface area contributed by atoms with E-state index in [0.717, 1.165) is 6.54 Å². The lowest BCUT2D eigenvalue weighted by molar-refractivity contribution is -0.897. The van der Waals surface area contributed by atoms with Gasteiger partial charge in [-0.15, -0.1) is 0 Å². The number of likely N-dealkylation sites (tertiary alicyclic amines) is 1. The van der Waals surface area contributed by atoms with Crippen molar-refractivity contribution in [2.75, 3.05) is 19.6 Å². The van der Waals surface area contributed by atoms with Crippen molar-refractivity contribution in [3.63, 3.8) is 0 Å². The summed E-state index contributed by atoms with van der Waals surface area (Å²) >= 11 is 0. The van der Waals surface area contributed by atoms with Crippen LogP contribution in [0.2, 0.25) is 0 Å². The van der Waals surface area contributed by atoms with Crippen molar-refractivity contribution in [1.29, 1.82) is 0 Å². The third-order valence-corrected chi connectivity index (χ3v) is 3.06. The summed E-state index contributed by atoms with van der Waals surface area (Å²) in [7, 11) is 0. The lowest BCUT2D eigenvalue weighted by Crippen LogP contribution is -3.12. The van der Waals surface area contributed by atoms with Gasteiger partial charge in [-0.05, 0) is 44.6 Å². The molecule has 1 atom stereocenters. The molecule has 0 saturated carbocycles. The van der Waals surface area contributed by atoms with Gasteiger partial charge in [0.1, 0.15) is 12.1 Å². The second kappa shape index (κ2) is 5.34. The van der Waals surface area contributed by atoms with Crippen LogP contribution in [0.1, 0.15) is 33.1 Å². The molecule has 84 valence electrons. The lowest BCUT2D eigenvalue weighted by Gasteiger charge is -2.21. The van der Waals surface area contributed by atoms with E-state index >= 15 is 0 Å². The fourth-order valence-electron chi connectivity index (χ4n) is 1.68. The SMILES string of the molecule is C=C(C)C(C)(O)C#CC[NH+]1CCCCC1. The molecule has 0 amide bonds. The minimum atomic E-state index is -1.02. The first-order valence-corrected chi connectivity index (χ1v) is 5.74. The molecule has 0 aromatic carbocycles. The highest BCUT2D eigenvalue weighted by molar-refractivity contribution is 5.25. The Labute approximate surface area is 93.0 Å². The van der Waals surface area contributed by atoms with Crippen molar-refractivity contribution >= 4 is 0 Å². The highest BCUT2D eigenvalue weighted by Crippen LogP contribution is 2.11. The van der Waals surface area contributed by atoms with Crippen molar-refractivity contribution in [2.45, 2.75) is 38.7 Å². The van der Waals surface area contributed by atoms with E-state index in [1.165, 1.54) is 32.4 Å². The first-order valence-electron chi connectivity index (χ1n) is 5.74. The Morgan fingerprint density at radius 3 is 2.53 bits per heavy atom. The van der Waals surface area contributed by atoms with Gasteiger partial charge in [0.05, 0.1) is 13.1 Å². The zero-order valence-electron chi connectivity index (χ0n) is 9.90. The molecule has 2 nitrogen and oxygen atoms in total. The molecule has 1 fully saturated rings. The molecule has 1 heterocycles. The van der Waals surface area contributed by atoms with Gasteiger partial charge in [-0.1, -0.05) is 12.5 Å². The fourth-order valence-corrected chi connectivity index (χ4v) is 1.68. The van der Waals surface area contributed by atoms with Gasteiger partial charge in [-0.25, -0.2) is 0 Å². The molecular formula is C13H22NO+. The van der Waals surface area contributed by atoms with E-state index in [2.05, 4.69) is 18.4 Å². The number of nitrogens with one attached hydrogen (secondary N) is 1. The summed E-state index contributed by atoms with van der Waals surface area (Å²) in [6.45, 7) is 10.5. The van der Waals surface area contributed by atoms with E-state index in [0.29, 0.717) is 5.57 Å². The Kier molecular flexibility index (Phi) is 4.38. The number of aliphatic hydroxyl groups is 1. The molecule has 2 heteroatoms. The number of hydrogen-bond donors (Lipinski definition) is 2. The van der Waals surface area contributed by atoms with Crippen molar-refractivity contribution in [3.8, 4) is 11.8 Å². The van der Waals surface area contributed by atoms with Crippen molar-refractivity contribution in [1.82, 2.24) is 0 Å². The van der Waals surface area contributed by atoms with Gasteiger partial charge in [0.2, 0.25) is 0 Å². The minimum Gasteiger partial charge on any atom is -0.374 e. The molecule has 1 aliphatic rings. The normalized spacial score (nSPS) is 21.3. The Morgan fingerprint density at radius 1 is 1.40 bits per heavy atom. The summed E-state index contributed by atoms with van der Waals surface area (Å²) in [6.07, 6.45) is 3.99. The van der Waals surface area contributed by atoms with Crippen LogP contribution >= 0.6 is 0 Å². The van der Waals surface area contributed by atoms with E-state index in [9.17, 15) is 5.11 Å². The molecule has 0 spiro atoms. The summed E-state index contributed by atoms with van der Waals surface area (Å²) in [6, 6.07) is 0. The largest absolute Gasteiger partial charge is 0.374 e. The second-order valence-corrected chi connectivity index (χ2v) is 4.64. The lowest BCUT2D eigenvalue weighted by atomic mass is 10.00. The molecule has 0 aromatic heterocycles. The summed E-state index contributed by atoms with van der Waals surface area (Å²) in [5.74, 6) is 5.97. The Balaban J connectivity index is 2.41. The van der Waals surface area contributed by atoms with Crippen LogP contribution < -0.4 is 4.90 Å². The van der Waals surface area contributed by atoms with Gasteiger partial charge in [-0.2, -0.15) is 0 Å². The Bertz CT molecular complexity index is 277. The van der Waals surface area contributed by atoms with Crippen LogP contribution in [0.5, 0.6) is 0 Å². The fraction of sp³-hybridized carbons (Fsp3) is 0.692. The van der Waals surface area contributed by atoms with E-state index in [1.54, 1.807) is 11.8 Å². The topological polar surface area (TPSA) is 24.7 Å². The van der Waals surface area contributed by atoms with Crippen LogP contribution in [0, 0.1) is 11.8 Å². The summed E-state index contributed by atoms with van der Waals surface area (Å²) in [5, 5.41) is 9.84. The Morgan fingerprint density at radius 2 is 2.00 bits per heavy atom. The van der Waals surface area contributed by atoms with E-state index in [4.69, 9.17) is 0 Å². The molecule has 0 aliphatic carbocycles. The van der Waals surface area contributed by atoms with Crippen molar-refractivity contribution in [3.05, 3.63) is 12.2 Å². The first-order chi connectivity index (χ1) is 7.02. The van der Waals surface area contributed by atoms with Gasteiger partial charge in [0.25, 0.3) is 0 Å². The minimum absolute atomic E-state index is 0.712. The van der Waals surface area contributed by atoms with E-state index < -0.39 is 5.60 Å². The molecule has 0 radical (unpaired) electrons. The molecule has 2 N–H and O–H groups in total. The van der Waals surface area contributed by atoms with Gasteiger partial charge < -0.3 is 10.0 Å². The van der Waals surface area contributed by atoms with E-state index in [-0.39, 0.29) is 0 Å². The van der Waals surface area contributed by atoms with E-state index in [1.807, 2.05) is 6.92 Å². The zero-order valence-corrected chi connectivity index (χ0v) is 9.90. The van der Waals surface area contributed by atoms with Gasteiger partial charge in [0.15, 0.2) is 0 Å². The standard InChI is InChI=1S/C13H21NO/c1-12(2)13(3,15)8-7-11-14-9-5-4-6-10-14/h15H,1,4-6,9-11H2,2-3H3/p+1. The summed E-state index contributed by atoms with van der Waals surface area (Å²) in [5.41, 5.74) is -0.307. The molecule has 0 bridgehead atoms. The Hall–Kier alpha value is -0.780. The maximum atomic E-state index is 9.84. The second-order valence-electron chi connectivity index (χ2n) is 4.64. The molecule has 1 saturated heterocycles. The van der Waals surface area contributed by atoms with Crippen molar-refractivity contribution in [2.24, 2.45) is 0 Å². The highest BCUT2D eigenvalue weighted by atomic mass is 16.3. The molecule has 1 rings (SSSR count). The average molecular weight is 208 g/mol. The van der Waals surface area contributed by atoms with Gasteiger partial charge in [0, 0.05) is 0 Å². The number of rotatable bonds is 2. The van der Waals surface area contributed by atoms with Crippen molar-refractivity contribution < 1.29 is 10.0 Å². The number of hydrogen-bond acceptors (Lipinski definition) is 1. The predicted octanol–water partition coefficient (Wildman–Crippen LogP) is 0.386. The molecule has 0 aromatic rings.